The number of hydrogen-bond donors (Lipinski definition) is 5. The number of nitrogens with zero attached hydrogens (tertiary/aromatic N) is 2. The Kier molecular flexibility index (Phi) is 6.72. The number of amides is 1. The molecular weight excluding hydrogens is 506 g/mol. The summed E-state index contributed by atoms with van der Waals surface area (Å²) in [4.78, 5) is 43.0. The molecule has 1 aromatic rings. The fourth-order valence-electron chi connectivity index (χ4n) is 7.09. The smallest absolute Gasteiger partial charge is 0.255 e. The summed E-state index contributed by atoms with van der Waals surface area (Å²) in [7, 11) is 4.66. The van der Waals surface area contributed by atoms with Crippen LogP contribution in [0.25, 0.3) is 5.76 Å². The molecule has 11 heteroatoms. The molecule has 1 saturated heterocycles. The number of aromatic hydroxyl groups is 1. The third-order valence-corrected chi connectivity index (χ3v) is 8.79. The Morgan fingerprint density at radius 3 is 2.44 bits per heavy atom. The normalized spacial score (nSPS) is 29.3. The number of carbonyl (C=O) groups is 3. The molecule has 1 aliphatic heterocycles. The summed E-state index contributed by atoms with van der Waals surface area (Å²) < 4.78 is 5.79. The number of fused-ring (bicyclic) bond motifs is 3. The van der Waals surface area contributed by atoms with Gasteiger partial charge in [0.2, 0.25) is 5.78 Å². The quantitative estimate of drug-likeness (QED) is 0.338. The number of phenolic OH excluding ortho intramolecular Hbond substituents is 1. The molecular formula is C28H35N3O8. The van der Waals surface area contributed by atoms with Crippen molar-refractivity contribution in [1.29, 1.82) is 0 Å². The third-order valence-electron chi connectivity index (χ3n) is 8.79. The van der Waals surface area contributed by atoms with Gasteiger partial charge in [0.25, 0.3) is 5.91 Å². The first-order chi connectivity index (χ1) is 18.4. The van der Waals surface area contributed by atoms with Gasteiger partial charge in [-0.1, -0.05) is 6.42 Å². The molecule has 11 nitrogen and oxygen atoms in total. The van der Waals surface area contributed by atoms with Crippen molar-refractivity contribution >= 4 is 23.2 Å². The first kappa shape index (κ1) is 27.2. The molecule has 4 atom stereocenters. The van der Waals surface area contributed by atoms with Crippen LogP contribution in [0.3, 0.4) is 0 Å². The number of methoxy groups -OCH3 is 1. The van der Waals surface area contributed by atoms with E-state index < -0.39 is 58.0 Å². The summed E-state index contributed by atoms with van der Waals surface area (Å²) in [6, 6.07) is 0.404. The first-order valence-electron chi connectivity index (χ1n) is 13.2. The number of aliphatic hydroxyl groups excluding tert-OH is 2. The minimum Gasteiger partial charge on any atom is -0.508 e. The highest BCUT2D eigenvalue weighted by Gasteiger charge is 2.64. The number of phenols is 1. The summed E-state index contributed by atoms with van der Waals surface area (Å²) >= 11 is 0. The zero-order valence-corrected chi connectivity index (χ0v) is 22.4. The summed E-state index contributed by atoms with van der Waals surface area (Å²) in [5.74, 6) is -6.18. The number of likely N-dealkylation sites (tertiary alicyclic amines) is 1. The number of ketones is 2. The van der Waals surface area contributed by atoms with Gasteiger partial charge in [-0.25, -0.2) is 0 Å². The van der Waals surface area contributed by atoms with Gasteiger partial charge in [0.05, 0.1) is 18.7 Å². The molecule has 0 spiro atoms. The minimum atomic E-state index is -2.65. The van der Waals surface area contributed by atoms with Crippen LogP contribution in [0.15, 0.2) is 23.0 Å². The monoisotopic (exact) mass is 541 g/mol. The third kappa shape index (κ3) is 3.94. The van der Waals surface area contributed by atoms with E-state index in [1.807, 2.05) is 0 Å². The molecule has 4 aliphatic rings. The molecule has 0 unspecified atom stereocenters. The van der Waals surface area contributed by atoms with Crippen LogP contribution >= 0.6 is 0 Å². The van der Waals surface area contributed by atoms with Gasteiger partial charge in [-0.2, -0.15) is 0 Å². The SMILES string of the molecule is COc1c(CN2CCCCC2)cc(O)c2c1C[C@H]1C[C@H]3[C@H](N(C)C)C(=O)C(C(N)=O)=C(O)[C@@]3(O)C(=O)C1=C2O. The molecule has 1 heterocycles. The Hall–Kier alpha value is -3.41. The number of benzene rings is 1. The molecule has 0 radical (unpaired) electrons. The average molecular weight is 542 g/mol. The predicted octanol–water partition coefficient (Wildman–Crippen LogP) is 0.959. The highest BCUT2D eigenvalue weighted by atomic mass is 16.5. The molecule has 5 rings (SSSR count). The number of primary amides is 1. The van der Waals surface area contributed by atoms with Gasteiger partial charge in [-0.15, -0.1) is 0 Å². The van der Waals surface area contributed by atoms with Crippen molar-refractivity contribution in [1.82, 2.24) is 9.80 Å². The van der Waals surface area contributed by atoms with E-state index in [2.05, 4.69) is 4.90 Å². The van der Waals surface area contributed by atoms with E-state index in [-0.39, 0.29) is 29.7 Å². The molecule has 1 amide bonds. The molecule has 3 aliphatic carbocycles. The van der Waals surface area contributed by atoms with Gasteiger partial charge >= 0.3 is 0 Å². The van der Waals surface area contributed by atoms with E-state index in [0.29, 0.717) is 17.9 Å². The second kappa shape index (κ2) is 9.65. The zero-order valence-electron chi connectivity index (χ0n) is 22.4. The van der Waals surface area contributed by atoms with Crippen molar-refractivity contribution < 1.29 is 39.5 Å². The standard InChI is InChI=1S/C28H35N3O8/c1-30(2)21-16-10-13-9-15-19(17(32)11-14(24(15)39-3)12-31-7-5-4-6-8-31)22(33)18(13)25(35)28(16,38)26(36)20(23(21)34)27(29)37/h11,13,16,21,32-33,36,38H,4-10,12H2,1-3H3,(H2,29,37)/t13-,16-,21-,28-/m0/s1. The topological polar surface area (TPSA) is 174 Å². The number of aliphatic hydroxyl groups is 3. The number of piperidine rings is 1. The number of likely N-dealkylation sites (N-methyl/N-ethyl adjacent to an activating group) is 1. The van der Waals surface area contributed by atoms with Gasteiger partial charge in [0, 0.05) is 29.2 Å². The Bertz CT molecular complexity index is 1330. The van der Waals surface area contributed by atoms with E-state index in [1.54, 1.807) is 14.1 Å². The average Bonchev–Trinajstić information content (AvgIpc) is 2.86. The molecule has 39 heavy (non-hydrogen) atoms. The van der Waals surface area contributed by atoms with Gasteiger partial charge in [-0.05, 0) is 64.9 Å². The fraction of sp³-hybridized carbons (Fsp3) is 0.536. The van der Waals surface area contributed by atoms with Crippen LogP contribution in [-0.2, 0) is 27.3 Å². The van der Waals surface area contributed by atoms with Crippen LogP contribution in [0.4, 0.5) is 0 Å². The van der Waals surface area contributed by atoms with E-state index in [0.717, 1.165) is 31.5 Å². The number of nitrogens with two attached hydrogens (primary N) is 1. The Labute approximate surface area is 226 Å². The Morgan fingerprint density at radius 2 is 1.85 bits per heavy atom. The van der Waals surface area contributed by atoms with Crippen molar-refractivity contribution in [3.63, 3.8) is 0 Å². The Morgan fingerprint density at radius 1 is 1.18 bits per heavy atom. The largest absolute Gasteiger partial charge is 0.508 e. The van der Waals surface area contributed by atoms with Crippen LogP contribution in [0, 0.1) is 11.8 Å². The van der Waals surface area contributed by atoms with Gasteiger partial charge in [0.15, 0.2) is 11.4 Å². The van der Waals surface area contributed by atoms with Crippen molar-refractivity contribution in [3.05, 3.63) is 39.7 Å². The molecule has 0 bridgehead atoms. The maximum Gasteiger partial charge on any atom is 0.255 e. The van der Waals surface area contributed by atoms with Gasteiger partial charge in [-0.3, -0.25) is 24.2 Å². The maximum atomic E-state index is 13.9. The van der Waals surface area contributed by atoms with Crippen molar-refractivity contribution in [2.45, 2.75) is 50.3 Å². The molecule has 0 aromatic heterocycles. The van der Waals surface area contributed by atoms with Crippen LogP contribution in [0.2, 0.25) is 0 Å². The van der Waals surface area contributed by atoms with Crippen LogP contribution < -0.4 is 10.5 Å². The van der Waals surface area contributed by atoms with Crippen LogP contribution in [0.1, 0.15) is 42.4 Å². The number of rotatable bonds is 5. The lowest BCUT2D eigenvalue weighted by Crippen LogP contribution is -2.65. The first-order valence-corrected chi connectivity index (χ1v) is 13.2. The molecule has 1 saturated carbocycles. The van der Waals surface area contributed by atoms with E-state index in [1.165, 1.54) is 24.5 Å². The molecule has 2 fully saturated rings. The fourth-order valence-corrected chi connectivity index (χ4v) is 7.09. The van der Waals surface area contributed by atoms with Crippen LogP contribution in [0.5, 0.6) is 11.5 Å². The lowest BCUT2D eigenvalue weighted by atomic mass is 9.57. The molecule has 210 valence electrons. The number of Topliss-reactive ketones (excluding diaryl/α,β-unsaturated/α-hetero) is 2. The van der Waals surface area contributed by atoms with Gasteiger partial charge < -0.3 is 30.9 Å². The second-order valence-electron chi connectivity index (χ2n) is 11.2. The second-order valence-corrected chi connectivity index (χ2v) is 11.2. The predicted molar refractivity (Wildman–Crippen MR) is 140 cm³/mol. The number of ether oxygens (including phenoxy) is 1. The number of hydrogen-bond acceptors (Lipinski definition) is 10. The highest BCUT2D eigenvalue weighted by molar-refractivity contribution is 6.24. The number of carbonyl (C=O) groups excluding carboxylic acids is 3. The van der Waals surface area contributed by atoms with Gasteiger partial charge in [0.1, 0.15) is 28.6 Å². The molecule has 1 aromatic carbocycles. The minimum absolute atomic E-state index is 0.0329. The summed E-state index contributed by atoms with van der Waals surface area (Å²) in [5, 5.41) is 45.1. The summed E-state index contributed by atoms with van der Waals surface area (Å²) in [6.45, 7) is 2.41. The zero-order chi connectivity index (χ0) is 28.4. The van der Waals surface area contributed by atoms with Crippen molar-refractivity contribution in [2.24, 2.45) is 17.6 Å². The van der Waals surface area contributed by atoms with Crippen molar-refractivity contribution in [2.75, 3.05) is 34.3 Å². The van der Waals surface area contributed by atoms with E-state index >= 15 is 0 Å². The van der Waals surface area contributed by atoms with Crippen LogP contribution in [-0.4, -0.2) is 93.6 Å². The van der Waals surface area contributed by atoms with E-state index in [9.17, 15) is 34.8 Å². The lowest BCUT2D eigenvalue weighted by molar-refractivity contribution is -0.153. The summed E-state index contributed by atoms with van der Waals surface area (Å²) in [6.07, 6.45) is 3.58. The highest BCUT2D eigenvalue weighted by Crippen LogP contribution is 2.54. The lowest BCUT2D eigenvalue weighted by Gasteiger charge is -2.50. The molecule has 6 N–H and O–H groups in total. The maximum absolute atomic E-state index is 13.9. The van der Waals surface area contributed by atoms with Crippen molar-refractivity contribution in [3.8, 4) is 11.5 Å². The van der Waals surface area contributed by atoms with E-state index in [4.69, 9.17) is 10.5 Å². The summed E-state index contributed by atoms with van der Waals surface area (Å²) in [5.41, 5.74) is 3.03. The Balaban J connectivity index is 1.66.